The van der Waals surface area contributed by atoms with Crippen LogP contribution in [-0.2, 0) is 16.1 Å². The highest BCUT2D eigenvalue weighted by molar-refractivity contribution is 7.18. The van der Waals surface area contributed by atoms with Crippen molar-refractivity contribution in [3.05, 3.63) is 98.6 Å². The lowest BCUT2D eigenvalue weighted by Crippen LogP contribution is -2.09. The molecule has 38 heavy (non-hydrogen) atoms. The van der Waals surface area contributed by atoms with Gasteiger partial charge < -0.3 is 14.8 Å². The number of nitriles is 1. The van der Waals surface area contributed by atoms with Crippen LogP contribution in [0, 0.1) is 24.1 Å². The Labute approximate surface area is 226 Å². The number of thiophene rings is 1. The molecule has 7 nitrogen and oxygen atoms in total. The van der Waals surface area contributed by atoms with Gasteiger partial charge in [-0.2, -0.15) is 5.26 Å². The summed E-state index contributed by atoms with van der Waals surface area (Å²) in [5.74, 6) is -1.51. The van der Waals surface area contributed by atoms with Gasteiger partial charge in [0.05, 0.1) is 17.9 Å². The Bertz CT molecular complexity index is 1520. The summed E-state index contributed by atoms with van der Waals surface area (Å²) in [7, 11) is 0. The number of allylic oxidation sites excluding steroid dienone is 1. The zero-order valence-electron chi connectivity index (χ0n) is 20.5. The zero-order valence-corrected chi connectivity index (χ0v) is 22.1. The largest absolute Gasteiger partial charge is 0.462 e. The van der Waals surface area contributed by atoms with E-state index in [2.05, 4.69) is 16.4 Å². The third kappa shape index (κ3) is 6.14. The molecule has 192 valence electrons. The average Bonchev–Trinajstić information content (AvgIpc) is 3.54. The molecule has 1 N–H and O–H groups in total. The van der Waals surface area contributed by atoms with Crippen LogP contribution in [0.1, 0.15) is 43.1 Å². The van der Waals surface area contributed by atoms with Gasteiger partial charge in [0.2, 0.25) is 0 Å². The number of nitrogens with one attached hydrogen (secondary N) is 1. The van der Waals surface area contributed by atoms with E-state index in [1.54, 1.807) is 31.4 Å². The molecule has 0 radical (unpaired) electrons. The monoisotopic (exact) mass is 547 g/mol. The first-order valence-corrected chi connectivity index (χ1v) is 13.2. The SMILES string of the molecule is CCOC(=O)c1c(N/C=C(/C#N)c2nc(-c3ccc(F)cc3)cs2)sc(C(=O)OCc2ccccc2)c1C. The minimum absolute atomic E-state index is 0.0907. The van der Waals surface area contributed by atoms with Crippen molar-refractivity contribution in [2.75, 3.05) is 11.9 Å². The molecule has 0 fully saturated rings. The molecule has 4 rings (SSSR count). The lowest BCUT2D eigenvalue weighted by molar-refractivity contribution is 0.0478. The van der Waals surface area contributed by atoms with Crippen LogP contribution >= 0.6 is 22.7 Å². The Morgan fingerprint density at radius 2 is 1.84 bits per heavy atom. The number of aromatic nitrogens is 1. The van der Waals surface area contributed by atoms with Gasteiger partial charge in [0, 0.05) is 17.1 Å². The van der Waals surface area contributed by atoms with E-state index in [0.29, 0.717) is 21.3 Å². The number of rotatable bonds is 9. The van der Waals surface area contributed by atoms with E-state index in [0.717, 1.165) is 22.5 Å². The van der Waals surface area contributed by atoms with Crippen LogP contribution in [0.5, 0.6) is 0 Å². The number of carbonyl (C=O) groups excluding carboxylic acids is 2. The molecule has 2 aromatic heterocycles. The van der Waals surface area contributed by atoms with E-state index in [4.69, 9.17) is 9.47 Å². The molecule has 0 aliphatic rings. The maximum absolute atomic E-state index is 13.3. The third-order valence-electron chi connectivity index (χ3n) is 5.37. The average molecular weight is 548 g/mol. The van der Waals surface area contributed by atoms with E-state index >= 15 is 0 Å². The van der Waals surface area contributed by atoms with Gasteiger partial charge in [-0.3, -0.25) is 0 Å². The Hall–Kier alpha value is -4.33. The van der Waals surface area contributed by atoms with Gasteiger partial charge >= 0.3 is 11.9 Å². The summed E-state index contributed by atoms with van der Waals surface area (Å²) in [5, 5.41) is 15.3. The predicted molar refractivity (Wildman–Crippen MR) is 145 cm³/mol. The fourth-order valence-electron chi connectivity index (χ4n) is 3.48. The first-order chi connectivity index (χ1) is 18.4. The fourth-order valence-corrected chi connectivity index (χ4v) is 5.33. The Kier molecular flexibility index (Phi) is 8.63. The molecule has 0 saturated carbocycles. The van der Waals surface area contributed by atoms with E-state index in [1.807, 2.05) is 30.3 Å². The first kappa shape index (κ1) is 26.7. The van der Waals surface area contributed by atoms with E-state index in [1.165, 1.54) is 29.7 Å². The second-order valence-corrected chi connectivity index (χ2v) is 9.78. The normalized spacial score (nSPS) is 11.1. The van der Waals surface area contributed by atoms with Crippen molar-refractivity contribution in [2.24, 2.45) is 0 Å². The number of hydrogen-bond donors (Lipinski definition) is 1. The summed E-state index contributed by atoms with van der Waals surface area (Å²) in [4.78, 5) is 30.4. The number of anilines is 1. The highest BCUT2D eigenvalue weighted by Crippen LogP contribution is 2.35. The van der Waals surface area contributed by atoms with Crippen molar-refractivity contribution >= 4 is 45.2 Å². The maximum atomic E-state index is 13.3. The number of halogens is 1. The summed E-state index contributed by atoms with van der Waals surface area (Å²) >= 11 is 2.30. The maximum Gasteiger partial charge on any atom is 0.349 e. The number of esters is 2. The van der Waals surface area contributed by atoms with Crippen LogP contribution < -0.4 is 5.32 Å². The van der Waals surface area contributed by atoms with E-state index in [-0.39, 0.29) is 35.0 Å². The van der Waals surface area contributed by atoms with E-state index < -0.39 is 11.9 Å². The van der Waals surface area contributed by atoms with Crippen molar-refractivity contribution in [1.29, 1.82) is 5.26 Å². The van der Waals surface area contributed by atoms with Crippen LogP contribution in [0.3, 0.4) is 0 Å². The van der Waals surface area contributed by atoms with Crippen LogP contribution in [0.4, 0.5) is 9.39 Å². The minimum atomic E-state index is -0.592. The lowest BCUT2D eigenvalue weighted by Gasteiger charge is -2.06. The lowest BCUT2D eigenvalue weighted by atomic mass is 10.1. The molecule has 0 aliphatic heterocycles. The molecule has 0 saturated heterocycles. The van der Waals surface area contributed by atoms with Crippen molar-refractivity contribution in [1.82, 2.24) is 4.98 Å². The van der Waals surface area contributed by atoms with Gasteiger partial charge in [-0.05, 0) is 49.2 Å². The van der Waals surface area contributed by atoms with Crippen molar-refractivity contribution in [3.8, 4) is 17.3 Å². The molecule has 0 spiro atoms. The van der Waals surface area contributed by atoms with Gasteiger partial charge in [-0.25, -0.2) is 19.0 Å². The molecular formula is C28H22FN3O4S2. The molecule has 4 aromatic rings. The Morgan fingerprint density at radius 3 is 2.53 bits per heavy atom. The number of carbonyl (C=O) groups is 2. The smallest absolute Gasteiger partial charge is 0.349 e. The Balaban J connectivity index is 1.59. The number of nitrogens with zero attached hydrogens (tertiary/aromatic N) is 2. The molecule has 0 amide bonds. The van der Waals surface area contributed by atoms with Gasteiger partial charge in [0.25, 0.3) is 0 Å². The topological polar surface area (TPSA) is 101 Å². The van der Waals surface area contributed by atoms with Crippen LogP contribution in [-0.4, -0.2) is 23.5 Å². The van der Waals surface area contributed by atoms with Crippen LogP contribution in [0.2, 0.25) is 0 Å². The Morgan fingerprint density at radius 1 is 1.11 bits per heavy atom. The van der Waals surface area contributed by atoms with Gasteiger partial charge in [-0.1, -0.05) is 30.3 Å². The van der Waals surface area contributed by atoms with Gasteiger partial charge in [0.15, 0.2) is 0 Å². The molecule has 0 atom stereocenters. The number of benzene rings is 2. The summed E-state index contributed by atoms with van der Waals surface area (Å²) in [6, 6.07) is 17.3. The predicted octanol–water partition coefficient (Wildman–Crippen LogP) is 6.83. The number of thiazole rings is 1. The molecule has 0 aliphatic carbocycles. The second kappa shape index (κ2) is 12.3. The summed E-state index contributed by atoms with van der Waals surface area (Å²) in [6.45, 7) is 3.59. The van der Waals surface area contributed by atoms with Gasteiger partial charge in [-0.15, -0.1) is 22.7 Å². The summed E-state index contributed by atoms with van der Waals surface area (Å²) in [6.07, 6.45) is 1.43. The molecule has 2 heterocycles. The summed E-state index contributed by atoms with van der Waals surface area (Å²) in [5.41, 5.74) is 3.00. The van der Waals surface area contributed by atoms with E-state index in [9.17, 15) is 19.2 Å². The van der Waals surface area contributed by atoms with Crippen molar-refractivity contribution in [2.45, 2.75) is 20.5 Å². The molecule has 0 unspecified atom stereocenters. The number of hydrogen-bond acceptors (Lipinski definition) is 9. The molecule has 0 bridgehead atoms. The quantitative estimate of drug-likeness (QED) is 0.181. The fraction of sp³-hybridized carbons (Fsp3) is 0.143. The van der Waals surface area contributed by atoms with Crippen LogP contribution in [0.15, 0.2) is 66.2 Å². The van der Waals surface area contributed by atoms with Gasteiger partial charge in [0.1, 0.15) is 39.0 Å². The summed E-state index contributed by atoms with van der Waals surface area (Å²) < 4.78 is 23.9. The highest BCUT2D eigenvalue weighted by atomic mass is 32.1. The number of ether oxygens (including phenoxy) is 2. The third-order valence-corrected chi connectivity index (χ3v) is 7.45. The molecular weight excluding hydrogens is 525 g/mol. The van der Waals surface area contributed by atoms with Crippen molar-refractivity contribution in [3.63, 3.8) is 0 Å². The van der Waals surface area contributed by atoms with Crippen LogP contribution in [0.25, 0.3) is 16.8 Å². The molecule has 10 heteroatoms. The zero-order chi connectivity index (χ0) is 27.1. The highest BCUT2D eigenvalue weighted by Gasteiger charge is 2.26. The first-order valence-electron chi connectivity index (χ1n) is 11.5. The second-order valence-electron chi connectivity index (χ2n) is 7.90. The standard InChI is InChI=1S/C28H22FN3O4S2/c1-3-35-27(33)23-17(2)24(28(34)36-15-18-7-5-4-6-8-18)38-26(23)31-14-20(13-30)25-32-22(16-37-25)19-9-11-21(29)12-10-19/h4-12,14,16,31H,3,15H2,1-2H3/b20-14-. The van der Waals surface area contributed by atoms with Crippen molar-refractivity contribution < 1.29 is 23.5 Å². The molecule has 2 aromatic carbocycles. The minimum Gasteiger partial charge on any atom is -0.462 e.